The highest BCUT2D eigenvalue weighted by Gasteiger charge is 2.04. The number of hydrogen-bond donors (Lipinski definition) is 2. The fourth-order valence-electron chi connectivity index (χ4n) is 1.91. The third-order valence-corrected chi connectivity index (χ3v) is 3.14. The lowest BCUT2D eigenvalue weighted by atomic mass is 10.3. The molecule has 0 amide bonds. The molecule has 0 aliphatic carbocycles. The second-order valence-corrected chi connectivity index (χ2v) is 4.97. The summed E-state index contributed by atoms with van der Waals surface area (Å²) in [4.78, 5) is 8.21. The average molecular weight is 315 g/mol. The monoisotopic (exact) mass is 314 g/mol. The summed E-state index contributed by atoms with van der Waals surface area (Å²) in [5, 5.41) is 6.66. The van der Waals surface area contributed by atoms with Gasteiger partial charge in [-0.15, -0.1) is 0 Å². The van der Waals surface area contributed by atoms with E-state index in [0.717, 1.165) is 5.69 Å². The highest BCUT2D eigenvalue weighted by Crippen LogP contribution is 2.22. The minimum atomic E-state index is -0.342. The van der Waals surface area contributed by atoms with Gasteiger partial charge in [0.2, 0.25) is 0 Å². The molecule has 1 aromatic heterocycles. The van der Waals surface area contributed by atoms with Crippen LogP contribution in [0.5, 0.6) is 0 Å². The summed E-state index contributed by atoms with van der Waals surface area (Å²) in [5.74, 6) is 0.728. The summed E-state index contributed by atoms with van der Waals surface area (Å²) < 4.78 is 13.6. The van der Waals surface area contributed by atoms with Crippen LogP contribution in [0.4, 0.5) is 27.4 Å². The van der Waals surface area contributed by atoms with E-state index in [1.165, 1.54) is 12.4 Å². The Morgan fingerprint density at radius 3 is 2.41 bits per heavy atom. The van der Waals surface area contributed by atoms with Gasteiger partial charge in [-0.25, -0.2) is 14.4 Å². The lowest BCUT2D eigenvalue weighted by Gasteiger charge is -2.09. The van der Waals surface area contributed by atoms with Crippen LogP contribution in [0.3, 0.4) is 0 Å². The van der Waals surface area contributed by atoms with Crippen molar-refractivity contribution in [2.45, 2.75) is 0 Å². The Balaban J connectivity index is 1.79. The highest BCUT2D eigenvalue weighted by molar-refractivity contribution is 6.30. The number of aromatic nitrogens is 2. The van der Waals surface area contributed by atoms with Gasteiger partial charge in [0.15, 0.2) is 0 Å². The molecule has 22 heavy (non-hydrogen) atoms. The lowest BCUT2D eigenvalue weighted by molar-refractivity contribution is 0.632. The number of nitrogens with one attached hydrogen (secondary N) is 2. The summed E-state index contributed by atoms with van der Waals surface area (Å²) in [6.45, 7) is 0. The van der Waals surface area contributed by atoms with Gasteiger partial charge in [-0.1, -0.05) is 29.8 Å². The molecule has 0 aliphatic rings. The van der Waals surface area contributed by atoms with Crippen LogP contribution < -0.4 is 10.6 Å². The minimum absolute atomic E-state index is 0.342. The van der Waals surface area contributed by atoms with Gasteiger partial charge >= 0.3 is 0 Å². The van der Waals surface area contributed by atoms with E-state index in [1.54, 1.807) is 36.4 Å². The van der Waals surface area contributed by atoms with Gasteiger partial charge < -0.3 is 10.6 Å². The van der Waals surface area contributed by atoms with Crippen LogP contribution >= 0.6 is 11.6 Å². The van der Waals surface area contributed by atoms with Crippen LogP contribution in [0.1, 0.15) is 0 Å². The van der Waals surface area contributed by atoms with Crippen molar-refractivity contribution in [3.05, 3.63) is 71.8 Å². The zero-order valence-corrected chi connectivity index (χ0v) is 12.2. The number of benzene rings is 2. The predicted octanol–water partition coefficient (Wildman–Crippen LogP) is 4.76. The summed E-state index contributed by atoms with van der Waals surface area (Å²) in [6.07, 6.45) is 1.40. The molecule has 0 aliphatic heterocycles. The Bertz CT molecular complexity index is 794. The summed E-state index contributed by atoms with van der Waals surface area (Å²) in [7, 11) is 0. The van der Waals surface area contributed by atoms with Crippen molar-refractivity contribution in [3.8, 4) is 0 Å². The molecule has 2 aromatic carbocycles. The number of halogens is 2. The zero-order chi connectivity index (χ0) is 15.4. The third kappa shape index (κ3) is 3.51. The van der Waals surface area contributed by atoms with E-state index >= 15 is 0 Å². The number of para-hydroxylation sites is 1. The largest absolute Gasteiger partial charge is 0.340 e. The molecule has 110 valence electrons. The molecular formula is C16H12ClFN4. The van der Waals surface area contributed by atoms with Crippen LogP contribution in [-0.2, 0) is 0 Å². The van der Waals surface area contributed by atoms with Crippen LogP contribution in [0.25, 0.3) is 0 Å². The average Bonchev–Trinajstić information content (AvgIpc) is 2.50. The first kappa shape index (κ1) is 14.3. The number of hydrogen-bond acceptors (Lipinski definition) is 4. The molecule has 0 saturated carbocycles. The second-order valence-electron chi connectivity index (χ2n) is 4.53. The fourth-order valence-corrected chi connectivity index (χ4v) is 2.10. The van der Waals surface area contributed by atoms with E-state index in [9.17, 15) is 4.39 Å². The van der Waals surface area contributed by atoms with Crippen LogP contribution in [0, 0.1) is 5.82 Å². The summed E-state index contributed by atoms with van der Waals surface area (Å²) >= 11 is 5.94. The molecular weight excluding hydrogens is 303 g/mol. The first-order chi connectivity index (χ1) is 10.7. The smallest absolute Gasteiger partial charge is 0.146 e. The highest BCUT2D eigenvalue weighted by atomic mass is 35.5. The topological polar surface area (TPSA) is 49.8 Å². The first-order valence-corrected chi connectivity index (χ1v) is 6.95. The standard InChI is InChI=1S/C16H12ClFN4/c17-11-4-3-5-12(8-11)21-15-9-16(20-10-19-15)22-14-7-2-1-6-13(14)18/h1-10H,(H2,19,20,21,22). The van der Waals surface area contributed by atoms with Crippen molar-refractivity contribution < 1.29 is 4.39 Å². The summed E-state index contributed by atoms with van der Waals surface area (Å²) in [5.41, 5.74) is 1.16. The molecule has 0 bridgehead atoms. The molecule has 0 unspecified atom stereocenters. The van der Waals surface area contributed by atoms with E-state index in [4.69, 9.17) is 11.6 Å². The molecule has 2 N–H and O–H groups in total. The molecule has 0 atom stereocenters. The molecule has 3 rings (SSSR count). The zero-order valence-electron chi connectivity index (χ0n) is 11.4. The van der Waals surface area contributed by atoms with E-state index in [-0.39, 0.29) is 5.82 Å². The number of nitrogens with zero attached hydrogens (tertiary/aromatic N) is 2. The van der Waals surface area contributed by atoms with Gasteiger partial charge in [0.05, 0.1) is 5.69 Å². The molecule has 4 nitrogen and oxygen atoms in total. The van der Waals surface area contributed by atoms with E-state index in [1.807, 2.05) is 12.1 Å². The van der Waals surface area contributed by atoms with Gasteiger partial charge in [-0.3, -0.25) is 0 Å². The van der Waals surface area contributed by atoms with Gasteiger partial charge in [-0.05, 0) is 30.3 Å². The van der Waals surface area contributed by atoms with Crippen molar-refractivity contribution in [1.82, 2.24) is 9.97 Å². The molecule has 1 heterocycles. The normalized spacial score (nSPS) is 10.3. The maximum atomic E-state index is 13.6. The Labute approximate surface area is 132 Å². The Morgan fingerprint density at radius 1 is 0.864 bits per heavy atom. The SMILES string of the molecule is Fc1ccccc1Nc1cc(Nc2cccc(Cl)c2)ncn1. The van der Waals surface area contributed by atoms with Crippen molar-refractivity contribution in [1.29, 1.82) is 0 Å². The fraction of sp³-hybridized carbons (Fsp3) is 0. The molecule has 6 heteroatoms. The van der Waals surface area contributed by atoms with Crippen LogP contribution in [-0.4, -0.2) is 9.97 Å². The summed E-state index contributed by atoms with van der Waals surface area (Å²) in [6, 6.07) is 15.4. The lowest BCUT2D eigenvalue weighted by Crippen LogP contribution is -1.99. The molecule has 0 fully saturated rings. The molecule has 0 spiro atoms. The van der Waals surface area contributed by atoms with Gasteiger partial charge in [0.1, 0.15) is 23.8 Å². The minimum Gasteiger partial charge on any atom is -0.340 e. The molecule has 0 radical (unpaired) electrons. The van der Waals surface area contributed by atoms with Gasteiger partial charge in [0, 0.05) is 16.8 Å². The number of rotatable bonds is 4. The van der Waals surface area contributed by atoms with Crippen molar-refractivity contribution in [2.24, 2.45) is 0 Å². The maximum Gasteiger partial charge on any atom is 0.146 e. The van der Waals surface area contributed by atoms with Crippen molar-refractivity contribution in [2.75, 3.05) is 10.6 Å². The van der Waals surface area contributed by atoms with Crippen LogP contribution in [0.15, 0.2) is 60.9 Å². The Morgan fingerprint density at radius 2 is 1.64 bits per heavy atom. The van der Waals surface area contributed by atoms with Gasteiger partial charge in [-0.2, -0.15) is 0 Å². The Kier molecular flexibility index (Phi) is 4.16. The maximum absolute atomic E-state index is 13.6. The van der Waals surface area contributed by atoms with Crippen LogP contribution in [0.2, 0.25) is 5.02 Å². The van der Waals surface area contributed by atoms with Gasteiger partial charge in [0.25, 0.3) is 0 Å². The van der Waals surface area contributed by atoms with Crippen molar-refractivity contribution >= 4 is 34.6 Å². The predicted molar refractivity (Wildman–Crippen MR) is 86.4 cm³/mol. The van der Waals surface area contributed by atoms with E-state index < -0.39 is 0 Å². The van der Waals surface area contributed by atoms with E-state index in [0.29, 0.717) is 22.3 Å². The van der Waals surface area contributed by atoms with E-state index in [2.05, 4.69) is 20.6 Å². The number of anilines is 4. The van der Waals surface area contributed by atoms with Crippen molar-refractivity contribution in [3.63, 3.8) is 0 Å². The second kappa shape index (κ2) is 6.41. The quantitative estimate of drug-likeness (QED) is 0.729. The molecule has 0 saturated heterocycles. The first-order valence-electron chi connectivity index (χ1n) is 6.57. The molecule has 3 aromatic rings. The third-order valence-electron chi connectivity index (χ3n) is 2.90. The Hall–Kier alpha value is -2.66.